The molecule has 1 heterocycles. The molecule has 4 fully saturated rings. The maximum Gasteiger partial charge on any atom is 0.230 e. The number of nitrogens with zero attached hydrogens (tertiary/aromatic N) is 1. The number of benzene rings is 1. The monoisotopic (exact) mass is 372 g/mol. The Balaban J connectivity index is 0.00000168. The molecule has 2 aromatic rings. The highest BCUT2D eigenvalue weighted by molar-refractivity contribution is 5.96. The third kappa shape index (κ3) is 2.88. The Bertz CT molecular complexity index is 795. The minimum absolute atomic E-state index is 0. The first-order valence-corrected chi connectivity index (χ1v) is 9.32. The topological polar surface area (TPSA) is 83.8 Å². The maximum atomic E-state index is 13.2. The Morgan fingerprint density at radius 3 is 2.38 bits per heavy atom. The lowest BCUT2D eigenvalue weighted by Gasteiger charge is -2.55. The standard InChI is InChI=1S/C20H24N4O.ClH/c21-19-22-11-17(24-19)15-2-1-3-16(7-15)23-18(25)20-8-12-4-13(9-20)6-14(5-12)10-20;/h1-3,7,11-14H,4-6,8-10H2,(H,23,25)(H3,21,22,24);1H. The van der Waals surface area contributed by atoms with Crippen molar-refractivity contribution in [2.45, 2.75) is 38.5 Å². The van der Waals surface area contributed by atoms with Crippen LogP contribution in [0.25, 0.3) is 11.3 Å². The molecule has 0 spiro atoms. The van der Waals surface area contributed by atoms with Crippen molar-refractivity contribution in [3.05, 3.63) is 30.5 Å². The van der Waals surface area contributed by atoms with Crippen molar-refractivity contribution < 1.29 is 4.79 Å². The van der Waals surface area contributed by atoms with Crippen LogP contribution in [0, 0.1) is 23.2 Å². The molecule has 0 atom stereocenters. The van der Waals surface area contributed by atoms with Crippen LogP contribution in [0.1, 0.15) is 38.5 Å². The van der Waals surface area contributed by atoms with Crippen molar-refractivity contribution in [1.29, 1.82) is 0 Å². The van der Waals surface area contributed by atoms with Gasteiger partial charge in [0.2, 0.25) is 5.91 Å². The second kappa shape index (κ2) is 6.31. The van der Waals surface area contributed by atoms with Crippen molar-refractivity contribution in [3.63, 3.8) is 0 Å². The van der Waals surface area contributed by atoms with E-state index < -0.39 is 0 Å². The molecule has 26 heavy (non-hydrogen) atoms. The van der Waals surface area contributed by atoms with Gasteiger partial charge in [-0.25, -0.2) is 4.98 Å². The van der Waals surface area contributed by atoms with Gasteiger partial charge in [0.25, 0.3) is 0 Å². The molecule has 4 saturated carbocycles. The van der Waals surface area contributed by atoms with Gasteiger partial charge in [-0.1, -0.05) is 12.1 Å². The van der Waals surface area contributed by atoms with E-state index in [0.29, 0.717) is 5.95 Å². The summed E-state index contributed by atoms with van der Waals surface area (Å²) in [7, 11) is 0. The zero-order valence-corrected chi connectivity index (χ0v) is 15.5. The summed E-state index contributed by atoms with van der Waals surface area (Å²) in [5.41, 5.74) is 8.24. The van der Waals surface area contributed by atoms with Gasteiger partial charge in [0.15, 0.2) is 5.95 Å². The number of hydrogen-bond donors (Lipinski definition) is 3. The fourth-order valence-corrected chi connectivity index (χ4v) is 5.90. The molecule has 4 bridgehead atoms. The van der Waals surface area contributed by atoms with Gasteiger partial charge in [-0.05, 0) is 68.4 Å². The molecule has 6 heteroatoms. The quantitative estimate of drug-likeness (QED) is 0.753. The highest BCUT2D eigenvalue weighted by atomic mass is 35.5. The van der Waals surface area contributed by atoms with Gasteiger partial charge in [-0.15, -0.1) is 12.4 Å². The molecule has 0 saturated heterocycles. The van der Waals surface area contributed by atoms with E-state index in [2.05, 4.69) is 15.3 Å². The third-order valence-electron chi connectivity index (χ3n) is 6.55. The molecule has 4 aliphatic carbocycles. The zero-order valence-electron chi connectivity index (χ0n) is 14.7. The van der Waals surface area contributed by atoms with Crippen LogP contribution >= 0.6 is 12.4 Å². The van der Waals surface area contributed by atoms with Gasteiger partial charge < -0.3 is 16.0 Å². The number of halogens is 1. The van der Waals surface area contributed by atoms with Gasteiger partial charge in [0, 0.05) is 11.3 Å². The fourth-order valence-electron chi connectivity index (χ4n) is 5.90. The number of anilines is 2. The predicted octanol–water partition coefficient (Wildman–Crippen LogP) is 4.24. The van der Waals surface area contributed by atoms with Crippen molar-refractivity contribution in [3.8, 4) is 11.3 Å². The lowest BCUT2D eigenvalue weighted by Crippen LogP contribution is -2.51. The average Bonchev–Trinajstić information content (AvgIpc) is 3.00. The number of nitrogen functional groups attached to an aromatic ring is 1. The van der Waals surface area contributed by atoms with Crippen LogP contribution in [0.4, 0.5) is 11.6 Å². The van der Waals surface area contributed by atoms with E-state index in [1.54, 1.807) is 6.20 Å². The number of nitrogens with one attached hydrogen (secondary N) is 2. The van der Waals surface area contributed by atoms with Crippen LogP contribution in [0.3, 0.4) is 0 Å². The van der Waals surface area contributed by atoms with Crippen molar-refractivity contribution in [1.82, 2.24) is 9.97 Å². The molecule has 5 nitrogen and oxygen atoms in total. The number of H-pyrrole nitrogens is 1. The van der Waals surface area contributed by atoms with Gasteiger partial charge >= 0.3 is 0 Å². The van der Waals surface area contributed by atoms with E-state index in [9.17, 15) is 4.79 Å². The van der Waals surface area contributed by atoms with Crippen molar-refractivity contribution >= 4 is 29.9 Å². The lowest BCUT2D eigenvalue weighted by molar-refractivity contribution is -0.140. The average molecular weight is 373 g/mol. The normalized spacial score (nSPS) is 31.5. The Kier molecular flexibility index (Phi) is 4.22. The predicted molar refractivity (Wildman–Crippen MR) is 105 cm³/mol. The number of carbonyl (C=O) groups excluding carboxylic acids is 1. The van der Waals surface area contributed by atoms with E-state index >= 15 is 0 Å². The first-order chi connectivity index (χ1) is 12.1. The number of carbonyl (C=O) groups is 1. The molecule has 6 rings (SSSR count). The summed E-state index contributed by atoms with van der Waals surface area (Å²) in [6.45, 7) is 0. The molecule has 1 amide bonds. The molecule has 4 aliphatic rings. The Labute approximate surface area is 159 Å². The van der Waals surface area contributed by atoms with E-state index in [-0.39, 0.29) is 23.7 Å². The summed E-state index contributed by atoms with van der Waals surface area (Å²) in [6.07, 6.45) is 9.02. The molecule has 138 valence electrons. The molecular formula is C20H25ClN4O. The summed E-state index contributed by atoms with van der Waals surface area (Å²) in [6, 6.07) is 7.90. The Morgan fingerprint density at radius 1 is 1.15 bits per heavy atom. The molecule has 1 aromatic heterocycles. The van der Waals surface area contributed by atoms with Crippen LogP contribution in [0.15, 0.2) is 30.5 Å². The Morgan fingerprint density at radius 2 is 1.81 bits per heavy atom. The number of imidazole rings is 1. The molecule has 1 aromatic carbocycles. The maximum absolute atomic E-state index is 13.2. The van der Waals surface area contributed by atoms with E-state index in [1.165, 1.54) is 19.3 Å². The number of amides is 1. The van der Waals surface area contributed by atoms with Crippen LogP contribution in [0.2, 0.25) is 0 Å². The fraction of sp³-hybridized carbons (Fsp3) is 0.500. The SMILES string of the molecule is Cl.Nc1ncc(-c2cccc(NC(=O)C34CC5CC(CC(C5)C3)C4)c2)[nH]1. The highest BCUT2D eigenvalue weighted by Gasteiger charge is 2.54. The summed E-state index contributed by atoms with van der Waals surface area (Å²) in [4.78, 5) is 20.2. The molecule has 0 unspecified atom stereocenters. The first-order valence-electron chi connectivity index (χ1n) is 9.32. The van der Waals surface area contributed by atoms with Gasteiger partial charge in [0.1, 0.15) is 0 Å². The number of rotatable bonds is 3. The minimum Gasteiger partial charge on any atom is -0.369 e. The molecule has 4 N–H and O–H groups in total. The van der Waals surface area contributed by atoms with E-state index in [0.717, 1.165) is 54.0 Å². The summed E-state index contributed by atoms with van der Waals surface area (Å²) >= 11 is 0. The van der Waals surface area contributed by atoms with Crippen LogP contribution in [-0.4, -0.2) is 15.9 Å². The summed E-state index contributed by atoms with van der Waals surface area (Å²) in [5, 5.41) is 3.21. The summed E-state index contributed by atoms with van der Waals surface area (Å²) in [5.74, 6) is 2.95. The van der Waals surface area contributed by atoms with Crippen LogP contribution in [0.5, 0.6) is 0 Å². The van der Waals surface area contributed by atoms with Gasteiger partial charge in [-0.2, -0.15) is 0 Å². The molecular weight excluding hydrogens is 348 g/mol. The van der Waals surface area contributed by atoms with Gasteiger partial charge in [-0.3, -0.25) is 4.79 Å². The number of nitrogens with two attached hydrogens (primary N) is 1. The van der Waals surface area contributed by atoms with Crippen LogP contribution in [-0.2, 0) is 4.79 Å². The highest BCUT2D eigenvalue weighted by Crippen LogP contribution is 2.60. The lowest BCUT2D eigenvalue weighted by atomic mass is 9.49. The van der Waals surface area contributed by atoms with Gasteiger partial charge in [0.05, 0.1) is 17.3 Å². The third-order valence-corrected chi connectivity index (χ3v) is 6.55. The summed E-state index contributed by atoms with van der Waals surface area (Å²) < 4.78 is 0. The first kappa shape index (κ1) is 17.4. The molecule has 0 aliphatic heterocycles. The zero-order chi connectivity index (χ0) is 17.0. The Hall–Kier alpha value is -2.01. The number of aromatic nitrogens is 2. The van der Waals surface area contributed by atoms with E-state index in [1.807, 2.05) is 24.3 Å². The molecule has 0 radical (unpaired) electrons. The largest absolute Gasteiger partial charge is 0.369 e. The van der Waals surface area contributed by atoms with Crippen molar-refractivity contribution in [2.75, 3.05) is 11.1 Å². The van der Waals surface area contributed by atoms with Crippen LogP contribution < -0.4 is 11.1 Å². The smallest absolute Gasteiger partial charge is 0.230 e. The second-order valence-corrected chi connectivity index (χ2v) is 8.41. The number of aromatic amines is 1. The van der Waals surface area contributed by atoms with Crippen molar-refractivity contribution in [2.24, 2.45) is 23.2 Å². The number of hydrogen-bond acceptors (Lipinski definition) is 3. The minimum atomic E-state index is -0.122. The second-order valence-electron chi connectivity index (χ2n) is 8.41. The van der Waals surface area contributed by atoms with E-state index in [4.69, 9.17) is 5.73 Å².